The average molecular weight is 233 g/mol. The summed E-state index contributed by atoms with van der Waals surface area (Å²) in [6, 6.07) is 5.86. The lowest BCUT2D eigenvalue weighted by atomic mass is 10.0. The van der Waals surface area contributed by atoms with Gasteiger partial charge < -0.3 is 10.4 Å². The number of aromatic carboxylic acids is 1. The lowest BCUT2D eigenvalue weighted by Crippen LogP contribution is -2.23. The van der Waals surface area contributed by atoms with Crippen molar-refractivity contribution in [3.05, 3.63) is 29.3 Å². The van der Waals surface area contributed by atoms with Crippen LogP contribution in [0.15, 0.2) is 18.2 Å². The number of nitrogens with one attached hydrogen (secondary N) is 1. The SMILES string of the molecule is Cc1ccc(C(=O)O)c(NC2CCCC2C)c1. The minimum absolute atomic E-state index is 0.370. The van der Waals surface area contributed by atoms with E-state index in [0.717, 1.165) is 17.7 Å². The molecule has 1 aliphatic rings. The molecule has 3 nitrogen and oxygen atoms in total. The third-order valence-corrected chi connectivity index (χ3v) is 3.61. The maximum atomic E-state index is 11.1. The summed E-state index contributed by atoms with van der Waals surface area (Å²) < 4.78 is 0. The number of rotatable bonds is 3. The Labute approximate surface area is 102 Å². The molecule has 1 aromatic rings. The molecule has 92 valence electrons. The Hall–Kier alpha value is -1.51. The topological polar surface area (TPSA) is 49.3 Å². The summed E-state index contributed by atoms with van der Waals surface area (Å²) in [4.78, 5) is 11.1. The van der Waals surface area contributed by atoms with Crippen LogP contribution in [0.25, 0.3) is 0 Å². The van der Waals surface area contributed by atoms with Gasteiger partial charge in [-0.05, 0) is 43.4 Å². The third-order valence-electron chi connectivity index (χ3n) is 3.61. The van der Waals surface area contributed by atoms with Crippen molar-refractivity contribution in [2.45, 2.75) is 39.2 Å². The van der Waals surface area contributed by atoms with Gasteiger partial charge in [0.25, 0.3) is 0 Å². The van der Waals surface area contributed by atoms with Crippen molar-refractivity contribution in [2.75, 3.05) is 5.32 Å². The normalized spacial score (nSPS) is 23.6. The molecule has 1 aromatic carbocycles. The van der Waals surface area contributed by atoms with Gasteiger partial charge in [0.15, 0.2) is 0 Å². The second-order valence-electron chi connectivity index (χ2n) is 5.01. The van der Waals surface area contributed by atoms with Gasteiger partial charge >= 0.3 is 5.97 Å². The van der Waals surface area contributed by atoms with E-state index < -0.39 is 5.97 Å². The average Bonchev–Trinajstić information content (AvgIpc) is 2.64. The first kappa shape index (κ1) is 12.0. The van der Waals surface area contributed by atoms with E-state index in [2.05, 4.69) is 12.2 Å². The molecular formula is C14H19NO2. The molecule has 0 saturated heterocycles. The summed E-state index contributed by atoms with van der Waals surface area (Å²) in [5, 5.41) is 12.6. The van der Waals surface area contributed by atoms with Gasteiger partial charge in [-0.2, -0.15) is 0 Å². The van der Waals surface area contributed by atoms with Crippen LogP contribution >= 0.6 is 0 Å². The molecule has 0 aromatic heterocycles. The van der Waals surface area contributed by atoms with Crippen molar-refractivity contribution in [1.29, 1.82) is 0 Å². The Balaban J connectivity index is 2.24. The fourth-order valence-electron chi connectivity index (χ4n) is 2.52. The number of carbonyl (C=O) groups is 1. The van der Waals surface area contributed by atoms with Gasteiger partial charge in [-0.1, -0.05) is 19.4 Å². The zero-order chi connectivity index (χ0) is 12.4. The number of hydrogen-bond donors (Lipinski definition) is 2. The van der Waals surface area contributed by atoms with Crippen LogP contribution in [-0.4, -0.2) is 17.1 Å². The Morgan fingerprint density at radius 2 is 2.18 bits per heavy atom. The van der Waals surface area contributed by atoms with Gasteiger partial charge in [0, 0.05) is 11.7 Å². The monoisotopic (exact) mass is 233 g/mol. The maximum absolute atomic E-state index is 11.1. The second kappa shape index (κ2) is 4.78. The highest BCUT2D eigenvalue weighted by Crippen LogP contribution is 2.29. The van der Waals surface area contributed by atoms with E-state index in [-0.39, 0.29) is 0 Å². The predicted molar refractivity (Wildman–Crippen MR) is 68.6 cm³/mol. The van der Waals surface area contributed by atoms with Crippen LogP contribution < -0.4 is 5.32 Å². The fourth-order valence-corrected chi connectivity index (χ4v) is 2.52. The first-order valence-electron chi connectivity index (χ1n) is 6.18. The van der Waals surface area contributed by atoms with E-state index >= 15 is 0 Å². The number of carboxylic acid groups (broad SMARTS) is 1. The Morgan fingerprint density at radius 3 is 2.76 bits per heavy atom. The van der Waals surface area contributed by atoms with Crippen LogP contribution in [-0.2, 0) is 0 Å². The smallest absolute Gasteiger partial charge is 0.337 e. The third kappa shape index (κ3) is 2.60. The van der Waals surface area contributed by atoms with E-state index in [0.29, 0.717) is 17.5 Å². The predicted octanol–water partition coefficient (Wildman–Crippen LogP) is 3.29. The van der Waals surface area contributed by atoms with Gasteiger partial charge in [0.2, 0.25) is 0 Å². The molecule has 2 atom stereocenters. The number of benzene rings is 1. The van der Waals surface area contributed by atoms with Crippen molar-refractivity contribution in [3.8, 4) is 0 Å². The van der Waals surface area contributed by atoms with Crippen LogP contribution in [0.2, 0.25) is 0 Å². The molecule has 0 bridgehead atoms. The molecule has 2 N–H and O–H groups in total. The van der Waals surface area contributed by atoms with Crippen LogP contribution in [0.1, 0.15) is 42.1 Å². The molecule has 1 fully saturated rings. The summed E-state index contributed by atoms with van der Waals surface area (Å²) in [7, 11) is 0. The Morgan fingerprint density at radius 1 is 1.41 bits per heavy atom. The van der Waals surface area contributed by atoms with E-state index in [1.807, 2.05) is 19.1 Å². The van der Waals surface area contributed by atoms with E-state index in [1.54, 1.807) is 6.07 Å². The molecule has 1 saturated carbocycles. The summed E-state index contributed by atoms with van der Waals surface area (Å²) >= 11 is 0. The molecule has 2 rings (SSSR count). The van der Waals surface area contributed by atoms with Gasteiger partial charge in [0.05, 0.1) is 5.56 Å². The number of anilines is 1. The first-order valence-corrected chi connectivity index (χ1v) is 6.18. The molecular weight excluding hydrogens is 214 g/mol. The molecule has 3 heteroatoms. The zero-order valence-corrected chi connectivity index (χ0v) is 10.4. The van der Waals surface area contributed by atoms with Crippen LogP contribution in [0.5, 0.6) is 0 Å². The minimum Gasteiger partial charge on any atom is -0.478 e. The number of aryl methyl sites for hydroxylation is 1. The van der Waals surface area contributed by atoms with Crippen LogP contribution in [0.4, 0.5) is 5.69 Å². The fraction of sp³-hybridized carbons (Fsp3) is 0.500. The standard InChI is InChI=1S/C14H19NO2/c1-9-6-7-11(14(16)17)13(8-9)15-12-5-3-4-10(12)2/h6-8,10,12,15H,3-5H2,1-2H3,(H,16,17). The molecule has 17 heavy (non-hydrogen) atoms. The van der Waals surface area contributed by atoms with Crippen LogP contribution in [0, 0.1) is 12.8 Å². The Kier molecular flexibility index (Phi) is 3.36. The Bertz CT molecular complexity index is 428. The summed E-state index contributed by atoms with van der Waals surface area (Å²) in [5.74, 6) is -0.240. The van der Waals surface area contributed by atoms with Gasteiger partial charge in [0.1, 0.15) is 0 Å². The molecule has 0 amide bonds. The van der Waals surface area contributed by atoms with Crippen molar-refractivity contribution < 1.29 is 9.90 Å². The van der Waals surface area contributed by atoms with Gasteiger partial charge in [-0.15, -0.1) is 0 Å². The highest BCUT2D eigenvalue weighted by molar-refractivity contribution is 5.94. The molecule has 0 aliphatic heterocycles. The summed E-state index contributed by atoms with van der Waals surface area (Å²) in [6.07, 6.45) is 3.59. The number of carboxylic acids is 1. The van der Waals surface area contributed by atoms with Gasteiger partial charge in [-0.3, -0.25) is 0 Å². The summed E-state index contributed by atoms with van der Waals surface area (Å²) in [6.45, 7) is 4.20. The minimum atomic E-state index is -0.863. The van der Waals surface area contributed by atoms with E-state index in [4.69, 9.17) is 5.11 Å². The first-order chi connectivity index (χ1) is 8.08. The van der Waals surface area contributed by atoms with Crippen molar-refractivity contribution >= 4 is 11.7 Å². The molecule has 0 spiro atoms. The zero-order valence-electron chi connectivity index (χ0n) is 10.4. The highest BCUT2D eigenvalue weighted by Gasteiger charge is 2.24. The molecule has 2 unspecified atom stereocenters. The van der Waals surface area contributed by atoms with E-state index in [1.165, 1.54) is 12.8 Å². The van der Waals surface area contributed by atoms with Gasteiger partial charge in [-0.25, -0.2) is 4.79 Å². The maximum Gasteiger partial charge on any atom is 0.337 e. The van der Waals surface area contributed by atoms with E-state index in [9.17, 15) is 4.79 Å². The highest BCUT2D eigenvalue weighted by atomic mass is 16.4. The van der Waals surface area contributed by atoms with Crippen molar-refractivity contribution in [3.63, 3.8) is 0 Å². The lowest BCUT2D eigenvalue weighted by molar-refractivity contribution is 0.0698. The molecule has 0 heterocycles. The lowest BCUT2D eigenvalue weighted by Gasteiger charge is -2.20. The van der Waals surface area contributed by atoms with Crippen molar-refractivity contribution in [1.82, 2.24) is 0 Å². The largest absolute Gasteiger partial charge is 0.478 e. The van der Waals surface area contributed by atoms with Crippen molar-refractivity contribution in [2.24, 2.45) is 5.92 Å². The molecule has 0 radical (unpaired) electrons. The number of hydrogen-bond acceptors (Lipinski definition) is 2. The summed E-state index contributed by atoms with van der Waals surface area (Å²) in [5.41, 5.74) is 2.22. The quantitative estimate of drug-likeness (QED) is 0.842. The molecule has 1 aliphatic carbocycles. The van der Waals surface area contributed by atoms with Crippen LogP contribution in [0.3, 0.4) is 0 Å². The second-order valence-corrected chi connectivity index (χ2v) is 5.01.